The summed E-state index contributed by atoms with van der Waals surface area (Å²) in [5.74, 6) is -2.73. The second-order valence-electron chi connectivity index (χ2n) is 6.50. The van der Waals surface area contributed by atoms with Gasteiger partial charge in [0.15, 0.2) is 5.11 Å². The van der Waals surface area contributed by atoms with Crippen LogP contribution in [0.5, 0.6) is 5.75 Å². The molecule has 2 aromatic carbocycles. The lowest BCUT2D eigenvalue weighted by Crippen LogP contribution is -2.57. The lowest BCUT2D eigenvalue weighted by molar-refractivity contribution is -0.131. The number of rotatable bonds is 6. The van der Waals surface area contributed by atoms with Crippen LogP contribution in [0, 0.1) is 17.2 Å². The molecule has 1 aliphatic heterocycles. The molecule has 8 nitrogen and oxygen atoms in total. The molecule has 9 heteroatoms. The number of nitriles is 1. The van der Waals surface area contributed by atoms with Crippen LogP contribution in [-0.2, 0) is 20.9 Å². The second kappa shape index (κ2) is 9.65. The molecule has 1 atom stereocenters. The Hall–Kier alpha value is -4.03. The average Bonchev–Trinajstić information content (AvgIpc) is 2.78. The number of hydrogen-bond acceptors (Lipinski definition) is 6. The number of para-hydroxylation sites is 1. The summed E-state index contributed by atoms with van der Waals surface area (Å²) in [4.78, 5) is 38.9. The van der Waals surface area contributed by atoms with Gasteiger partial charge in [-0.05, 0) is 48.1 Å². The Morgan fingerprint density at radius 1 is 1.23 bits per heavy atom. The molecule has 1 heterocycles. The summed E-state index contributed by atoms with van der Waals surface area (Å²) >= 11 is 5.12. The molecule has 1 saturated heterocycles. The van der Waals surface area contributed by atoms with Gasteiger partial charge in [0, 0.05) is 6.54 Å². The minimum absolute atomic E-state index is 0.0617. The lowest BCUT2D eigenvalue weighted by atomic mass is 10.0. The zero-order valence-electron chi connectivity index (χ0n) is 16.5. The first-order valence-electron chi connectivity index (χ1n) is 9.21. The number of hydrogen-bond donors (Lipinski definition) is 2. The molecule has 31 heavy (non-hydrogen) atoms. The Balaban J connectivity index is 1.77. The van der Waals surface area contributed by atoms with Crippen molar-refractivity contribution >= 4 is 40.7 Å². The van der Waals surface area contributed by atoms with Crippen LogP contribution in [0.25, 0.3) is 0 Å². The molecule has 0 aromatic heterocycles. The minimum atomic E-state index is -1.37. The molecule has 0 aliphatic carbocycles. The van der Waals surface area contributed by atoms with Crippen molar-refractivity contribution in [2.24, 2.45) is 5.92 Å². The van der Waals surface area contributed by atoms with E-state index in [-0.39, 0.29) is 17.2 Å². The molecule has 0 spiro atoms. The molecule has 2 aromatic rings. The van der Waals surface area contributed by atoms with Gasteiger partial charge < -0.3 is 15.4 Å². The summed E-state index contributed by atoms with van der Waals surface area (Å²) in [7, 11) is 1.55. The summed E-state index contributed by atoms with van der Waals surface area (Å²) in [5, 5.41) is 14.4. The number of carbonyl (C=O) groups is 3. The van der Waals surface area contributed by atoms with Crippen molar-refractivity contribution in [1.82, 2.24) is 10.6 Å². The number of carbonyl (C=O) groups excluding carboxylic acids is 3. The van der Waals surface area contributed by atoms with Crippen molar-refractivity contribution in [2.45, 2.75) is 6.54 Å². The number of amides is 3. The predicted octanol–water partition coefficient (Wildman–Crippen LogP) is 1.83. The van der Waals surface area contributed by atoms with E-state index in [1.807, 2.05) is 0 Å². The van der Waals surface area contributed by atoms with Crippen LogP contribution >= 0.6 is 12.2 Å². The van der Waals surface area contributed by atoms with E-state index in [9.17, 15) is 19.6 Å². The Bertz CT molecular complexity index is 1090. The van der Waals surface area contributed by atoms with Crippen LogP contribution in [-0.4, -0.2) is 29.9 Å². The molecule has 1 aliphatic rings. The van der Waals surface area contributed by atoms with Gasteiger partial charge in [0.05, 0.1) is 12.8 Å². The maximum atomic E-state index is 12.9. The highest BCUT2D eigenvalue weighted by atomic mass is 32.1. The van der Waals surface area contributed by atoms with E-state index in [0.717, 1.165) is 11.6 Å². The molecule has 2 N–H and O–H groups in total. The highest BCUT2D eigenvalue weighted by Crippen LogP contribution is 2.22. The first kappa shape index (κ1) is 21.7. The van der Waals surface area contributed by atoms with E-state index in [4.69, 9.17) is 17.0 Å². The Labute approximate surface area is 184 Å². The number of ether oxygens (including phenoxy) is 1. The highest BCUT2D eigenvalue weighted by molar-refractivity contribution is 7.80. The molecule has 1 fully saturated rings. The third-order valence-corrected chi connectivity index (χ3v) is 4.81. The fourth-order valence-corrected chi connectivity index (χ4v) is 3.21. The molecule has 0 bridgehead atoms. The van der Waals surface area contributed by atoms with Gasteiger partial charge in [-0.2, -0.15) is 5.26 Å². The molecular formula is C22H18N4O4S. The molecule has 3 rings (SSSR count). The normalized spacial score (nSPS) is 16.4. The van der Waals surface area contributed by atoms with Crippen molar-refractivity contribution in [1.29, 1.82) is 5.26 Å². The molecular weight excluding hydrogens is 416 g/mol. The maximum Gasteiger partial charge on any atom is 0.261 e. The number of nitrogens with one attached hydrogen (secondary N) is 2. The van der Waals surface area contributed by atoms with E-state index in [2.05, 4.69) is 10.6 Å². The fourth-order valence-electron chi connectivity index (χ4n) is 2.91. The number of benzene rings is 2. The van der Waals surface area contributed by atoms with Crippen molar-refractivity contribution in [3.8, 4) is 11.8 Å². The molecule has 0 saturated carbocycles. The Morgan fingerprint density at radius 2 is 1.90 bits per heavy atom. The maximum absolute atomic E-state index is 12.9. The number of nitrogens with zero attached hydrogens (tertiary/aromatic N) is 2. The largest absolute Gasteiger partial charge is 0.497 e. The van der Waals surface area contributed by atoms with E-state index in [1.54, 1.807) is 67.8 Å². The van der Waals surface area contributed by atoms with Gasteiger partial charge >= 0.3 is 0 Å². The van der Waals surface area contributed by atoms with Crippen molar-refractivity contribution in [3.63, 3.8) is 0 Å². The van der Waals surface area contributed by atoms with Gasteiger partial charge in [0.25, 0.3) is 5.91 Å². The van der Waals surface area contributed by atoms with Crippen molar-refractivity contribution in [2.75, 3.05) is 12.0 Å². The zero-order chi connectivity index (χ0) is 22.4. The summed E-state index contributed by atoms with van der Waals surface area (Å²) in [6, 6.07) is 17.3. The first-order chi connectivity index (χ1) is 14.9. The van der Waals surface area contributed by atoms with Gasteiger partial charge in [-0.3, -0.25) is 19.3 Å². The smallest absolute Gasteiger partial charge is 0.261 e. The van der Waals surface area contributed by atoms with E-state index in [0.29, 0.717) is 11.4 Å². The van der Waals surface area contributed by atoms with Gasteiger partial charge in [0.2, 0.25) is 11.8 Å². The number of anilines is 1. The van der Waals surface area contributed by atoms with Crippen LogP contribution in [0.4, 0.5) is 5.69 Å². The third-order valence-electron chi connectivity index (χ3n) is 4.53. The van der Waals surface area contributed by atoms with E-state index < -0.39 is 23.6 Å². The van der Waals surface area contributed by atoms with Crippen LogP contribution in [0.15, 0.2) is 66.2 Å². The quantitative estimate of drug-likeness (QED) is 0.311. The van der Waals surface area contributed by atoms with Crippen molar-refractivity contribution in [3.05, 3.63) is 71.8 Å². The van der Waals surface area contributed by atoms with Gasteiger partial charge in [-0.1, -0.05) is 30.3 Å². The molecule has 3 amide bonds. The van der Waals surface area contributed by atoms with Gasteiger partial charge in [-0.25, -0.2) is 0 Å². The highest BCUT2D eigenvalue weighted by Gasteiger charge is 2.38. The Morgan fingerprint density at radius 3 is 2.52 bits per heavy atom. The van der Waals surface area contributed by atoms with Crippen LogP contribution < -0.4 is 20.3 Å². The second-order valence-corrected chi connectivity index (χ2v) is 6.89. The Kier molecular flexibility index (Phi) is 6.74. The van der Waals surface area contributed by atoms with Crippen molar-refractivity contribution < 1.29 is 19.1 Å². The summed E-state index contributed by atoms with van der Waals surface area (Å²) < 4.78 is 5.08. The standard InChI is InChI=1S/C22H18N4O4S/c1-30-17-9-7-14(8-10-17)13-24-19(27)15(12-23)11-18-20(28)25-22(31)26(21(18)29)16-5-3-2-4-6-16/h2-11,18H,13H2,1H3,(H,24,27)(H,25,28,31)/b15-11-/t18-/m0/s1. The van der Waals surface area contributed by atoms with E-state index in [1.165, 1.54) is 4.90 Å². The van der Waals surface area contributed by atoms with Gasteiger partial charge in [-0.15, -0.1) is 0 Å². The van der Waals surface area contributed by atoms with Crippen LogP contribution in [0.1, 0.15) is 5.56 Å². The third kappa shape index (κ3) is 4.94. The molecule has 0 radical (unpaired) electrons. The zero-order valence-corrected chi connectivity index (χ0v) is 17.3. The first-order valence-corrected chi connectivity index (χ1v) is 9.62. The molecule has 0 unspecified atom stereocenters. The monoisotopic (exact) mass is 434 g/mol. The predicted molar refractivity (Wildman–Crippen MR) is 117 cm³/mol. The SMILES string of the molecule is COc1ccc(CNC(=O)/C(C#N)=C\[C@H]2C(=O)NC(=S)N(c3ccccc3)C2=O)cc1. The average molecular weight is 434 g/mol. The number of thiocarbonyl (C=S) groups is 1. The van der Waals surface area contributed by atoms with Crippen LogP contribution in [0.3, 0.4) is 0 Å². The van der Waals surface area contributed by atoms with Crippen LogP contribution in [0.2, 0.25) is 0 Å². The summed E-state index contributed by atoms with van der Waals surface area (Å²) in [6.07, 6.45) is 1.05. The topological polar surface area (TPSA) is 112 Å². The lowest BCUT2D eigenvalue weighted by Gasteiger charge is -2.31. The summed E-state index contributed by atoms with van der Waals surface area (Å²) in [6.45, 7) is 0.160. The fraction of sp³-hybridized carbons (Fsp3) is 0.136. The minimum Gasteiger partial charge on any atom is -0.497 e. The van der Waals surface area contributed by atoms with E-state index >= 15 is 0 Å². The number of methoxy groups -OCH3 is 1. The summed E-state index contributed by atoms with van der Waals surface area (Å²) in [5.41, 5.74) is 0.916. The molecule has 156 valence electrons. The van der Waals surface area contributed by atoms with Gasteiger partial charge in [0.1, 0.15) is 23.3 Å².